The van der Waals surface area contributed by atoms with Crippen LogP contribution in [0.25, 0.3) is 0 Å². The predicted octanol–water partition coefficient (Wildman–Crippen LogP) is 2.85. The van der Waals surface area contributed by atoms with E-state index in [-0.39, 0.29) is 24.0 Å². The molecule has 1 saturated heterocycles. The first kappa shape index (κ1) is 15.1. The van der Waals surface area contributed by atoms with Crippen LogP contribution in [-0.2, 0) is 0 Å². The average Bonchev–Trinajstić information content (AvgIpc) is 2.61. The highest BCUT2D eigenvalue weighted by Gasteiger charge is 2.34. The van der Waals surface area contributed by atoms with Crippen molar-refractivity contribution in [2.75, 3.05) is 20.1 Å². The Morgan fingerprint density at radius 2 is 2.18 bits per heavy atom. The summed E-state index contributed by atoms with van der Waals surface area (Å²) in [5.74, 6) is 1.13. The summed E-state index contributed by atoms with van der Waals surface area (Å²) < 4.78 is 0. The average molecular weight is 351 g/mol. The molecule has 1 unspecified atom stereocenters. The van der Waals surface area contributed by atoms with Gasteiger partial charge in [0.05, 0.1) is 0 Å². The smallest absolute Gasteiger partial charge is 0.193 e. The predicted molar refractivity (Wildman–Crippen MR) is 84.1 cm³/mol. The maximum Gasteiger partial charge on any atom is 0.193 e. The zero-order valence-electron chi connectivity index (χ0n) is 11.3. The van der Waals surface area contributed by atoms with Crippen molar-refractivity contribution in [2.24, 2.45) is 10.4 Å². The molecule has 2 fully saturated rings. The molecule has 1 aliphatic heterocycles. The van der Waals surface area contributed by atoms with Gasteiger partial charge in [0.15, 0.2) is 5.96 Å². The van der Waals surface area contributed by atoms with E-state index < -0.39 is 0 Å². The quantitative estimate of drug-likeness (QED) is 0.471. The van der Waals surface area contributed by atoms with Gasteiger partial charge in [-0.3, -0.25) is 4.99 Å². The number of nitrogens with zero attached hydrogens (tertiary/aromatic N) is 2. The third-order valence-corrected chi connectivity index (χ3v) is 4.36. The lowest BCUT2D eigenvalue weighted by Gasteiger charge is -2.32. The highest BCUT2D eigenvalue weighted by molar-refractivity contribution is 14.0. The number of nitrogens with one attached hydrogen (secondary N) is 1. The third-order valence-electron chi connectivity index (χ3n) is 4.36. The molecule has 0 aromatic heterocycles. The Kier molecular flexibility index (Phi) is 5.54. The molecule has 0 radical (unpaired) electrons. The summed E-state index contributed by atoms with van der Waals surface area (Å²) in [6.07, 6.45) is 6.58. The topological polar surface area (TPSA) is 27.6 Å². The van der Waals surface area contributed by atoms with Crippen molar-refractivity contribution in [3.05, 3.63) is 0 Å². The minimum absolute atomic E-state index is 0. The maximum absolute atomic E-state index is 4.42. The number of aliphatic imine (C=N–C) groups is 1. The van der Waals surface area contributed by atoms with Crippen LogP contribution >= 0.6 is 24.0 Å². The Balaban J connectivity index is 0.00000144. The van der Waals surface area contributed by atoms with Gasteiger partial charge < -0.3 is 10.2 Å². The number of rotatable bonds is 2. The fourth-order valence-electron chi connectivity index (χ4n) is 2.53. The molecule has 1 saturated carbocycles. The lowest BCUT2D eigenvalue weighted by Crippen LogP contribution is -2.48. The Labute approximate surface area is 122 Å². The van der Waals surface area contributed by atoms with Gasteiger partial charge in [0.1, 0.15) is 0 Å². The van der Waals surface area contributed by atoms with Gasteiger partial charge in [-0.1, -0.05) is 13.8 Å². The molecular formula is C13H26IN3. The van der Waals surface area contributed by atoms with Gasteiger partial charge in [0, 0.05) is 26.2 Å². The molecule has 4 heteroatoms. The van der Waals surface area contributed by atoms with Gasteiger partial charge >= 0.3 is 0 Å². The summed E-state index contributed by atoms with van der Waals surface area (Å²) in [7, 11) is 1.91. The Bertz CT molecular complexity index is 276. The number of halogens is 1. The number of guanidine groups is 1. The SMILES string of the molecule is CCC1(C)CCN(C(=NC)NC2CCC2)C1.I. The molecule has 1 aliphatic carbocycles. The van der Waals surface area contributed by atoms with Crippen LogP contribution in [0, 0.1) is 5.41 Å². The molecule has 2 aliphatic rings. The molecule has 3 nitrogen and oxygen atoms in total. The molecule has 1 N–H and O–H groups in total. The first-order valence-electron chi connectivity index (χ1n) is 6.65. The van der Waals surface area contributed by atoms with Crippen LogP contribution in [-0.4, -0.2) is 37.0 Å². The Morgan fingerprint density at radius 3 is 2.59 bits per heavy atom. The van der Waals surface area contributed by atoms with Crippen molar-refractivity contribution in [1.29, 1.82) is 0 Å². The van der Waals surface area contributed by atoms with Crippen LogP contribution in [0.2, 0.25) is 0 Å². The van der Waals surface area contributed by atoms with Crippen LogP contribution in [0.4, 0.5) is 0 Å². The molecule has 100 valence electrons. The van der Waals surface area contributed by atoms with E-state index in [9.17, 15) is 0 Å². The lowest BCUT2D eigenvalue weighted by atomic mass is 9.87. The summed E-state index contributed by atoms with van der Waals surface area (Å²) >= 11 is 0. The molecule has 0 aromatic carbocycles. The number of likely N-dealkylation sites (tertiary alicyclic amines) is 1. The number of hydrogen-bond acceptors (Lipinski definition) is 1. The summed E-state index contributed by atoms with van der Waals surface area (Å²) in [5.41, 5.74) is 0.497. The molecule has 0 amide bonds. The number of hydrogen-bond donors (Lipinski definition) is 1. The van der Waals surface area contributed by atoms with Crippen LogP contribution in [0.1, 0.15) is 46.0 Å². The normalized spacial score (nSPS) is 29.8. The Morgan fingerprint density at radius 1 is 1.47 bits per heavy atom. The van der Waals surface area contributed by atoms with Crippen LogP contribution < -0.4 is 5.32 Å². The third kappa shape index (κ3) is 3.48. The van der Waals surface area contributed by atoms with E-state index in [1.165, 1.54) is 32.1 Å². The maximum atomic E-state index is 4.42. The van der Waals surface area contributed by atoms with Crippen LogP contribution in [0.3, 0.4) is 0 Å². The van der Waals surface area contributed by atoms with E-state index in [0.717, 1.165) is 19.0 Å². The first-order chi connectivity index (χ1) is 7.67. The van der Waals surface area contributed by atoms with Gasteiger partial charge in [0.25, 0.3) is 0 Å². The molecule has 0 bridgehead atoms. The first-order valence-corrected chi connectivity index (χ1v) is 6.65. The van der Waals surface area contributed by atoms with Gasteiger partial charge in [0.2, 0.25) is 0 Å². The molecular weight excluding hydrogens is 325 g/mol. The summed E-state index contributed by atoms with van der Waals surface area (Å²) in [6, 6.07) is 0.687. The van der Waals surface area contributed by atoms with E-state index >= 15 is 0 Å². The monoisotopic (exact) mass is 351 g/mol. The second-order valence-corrected chi connectivity index (χ2v) is 5.66. The summed E-state index contributed by atoms with van der Waals surface area (Å²) in [4.78, 5) is 6.86. The largest absolute Gasteiger partial charge is 0.354 e. The van der Waals surface area contributed by atoms with Crippen LogP contribution in [0.5, 0.6) is 0 Å². The molecule has 0 spiro atoms. The lowest BCUT2D eigenvalue weighted by molar-refractivity contribution is 0.313. The fraction of sp³-hybridized carbons (Fsp3) is 0.923. The van der Waals surface area contributed by atoms with E-state index in [2.05, 4.69) is 29.1 Å². The van der Waals surface area contributed by atoms with Gasteiger partial charge in [-0.05, 0) is 37.5 Å². The standard InChI is InChI=1S/C13H25N3.HI/c1-4-13(2)8-9-16(10-13)12(14-3)15-11-6-5-7-11;/h11H,4-10H2,1-3H3,(H,14,15);1H. The molecule has 17 heavy (non-hydrogen) atoms. The van der Waals surface area contributed by atoms with Crippen molar-refractivity contribution >= 4 is 29.9 Å². The van der Waals surface area contributed by atoms with Crippen molar-refractivity contribution in [3.63, 3.8) is 0 Å². The van der Waals surface area contributed by atoms with E-state index in [1.54, 1.807) is 0 Å². The zero-order valence-corrected chi connectivity index (χ0v) is 13.7. The fourth-order valence-corrected chi connectivity index (χ4v) is 2.53. The second-order valence-electron chi connectivity index (χ2n) is 5.66. The van der Waals surface area contributed by atoms with E-state index in [4.69, 9.17) is 0 Å². The van der Waals surface area contributed by atoms with E-state index in [0.29, 0.717) is 11.5 Å². The Hall–Kier alpha value is 0. The second kappa shape index (κ2) is 6.25. The molecule has 2 rings (SSSR count). The summed E-state index contributed by atoms with van der Waals surface area (Å²) in [6.45, 7) is 7.02. The van der Waals surface area contributed by atoms with Crippen molar-refractivity contribution < 1.29 is 0 Å². The van der Waals surface area contributed by atoms with Crippen molar-refractivity contribution in [2.45, 2.75) is 52.0 Å². The van der Waals surface area contributed by atoms with Gasteiger partial charge in [-0.25, -0.2) is 0 Å². The highest BCUT2D eigenvalue weighted by Crippen LogP contribution is 2.33. The minimum atomic E-state index is 0. The van der Waals surface area contributed by atoms with E-state index in [1.807, 2.05) is 7.05 Å². The highest BCUT2D eigenvalue weighted by atomic mass is 127. The molecule has 0 aromatic rings. The van der Waals surface area contributed by atoms with Crippen LogP contribution in [0.15, 0.2) is 4.99 Å². The van der Waals surface area contributed by atoms with Gasteiger partial charge in [-0.2, -0.15) is 0 Å². The molecule has 1 heterocycles. The van der Waals surface area contributed by atoms with Crippen molar-refractivity contribution in [1.82, 2.24) is 10.2 Å². The van der Waals surface area contributed by atoms with Gasteiger partial charge in [-0.15, -0.1) is 24.0 Å². The van der Waals surface area contributed by atoms with Crippen molar-refractivity contribution in [3.8, 4) is 0 Å². The summed E-state index contributed by atoms with van der Waals surface area (Å²) in [5, 5.41) is 3.58. The zero-order chi connectivity index (χ0) is 11.6. The minimum Gasteiger partial charge on any atom is -0.354 e. The molecule has 1 atom stereocenters.